The van der Waals surface area contributed by atoms with E-state index in [9.17, 15) is 0 Å². The molecule has 0 spiro atoms. The lowest BCUT2D eigenvalue weighted by atomic mass is 10.1. The fraction of sp³-hybridized carbons (Fsp3) is 0.500. The fourth-order valence-corrected chi connectivity index (χ4v) is 1.68. The quantitative estimate of drug-likeness (QED) is 0.577. The molecule has 0 atom stereocenters. The molecule has 0 radical (unpaired) electrons. The standard InChI is InChI=1S/C14H22N2O2/c1-4-11(5-2)18-12-8-7-10(14(15)16)9-13(12)17-6-3/h7-9,11H,4-6H2,1-3H3,(H3,15,16). The molecule has 0 amide bonds. The van der Waals surface area contributed by atoms with Crippen LogP contribution in [-0.2, 0) is 0 Å². The summed E-state index contributed by atoms with van der Waals surface area (Å²) in [6, 6.07) is 5.35. The molecule has 0 saturated heterocycles. The van der Waals surface area contributed by atoms with Crippen LogP contribution in [0.4, 0.5) is 0 Å². The molecule has 1 aromatic rings. The minimum absolute atomic E-state index is 0.0324. The van der Waals surface area contributed by atoms with Gasteiger partial charge in [-0.15, -0.1) is 0 Å². The number of rotatable bonds is 7. The maximum atomic E-state index is 7.43. The molecule has 0 aliphatic carbocycles. The molecule has 4 nitrogen and oxygen atoms in total. The summed E-state index contributed by atoms with van der Waals surface area (Å²) in [4.78, 5) is 0. The highest BCUT2D eigenvalue weighted by molar-refractivity contribution is 5.95. The van der Waals surface area contributed by atoms with Crippen LogP contribution in [-0.4, -0.2) is 18.5 Å². The van der Waals surface area contributed by atoms with Crippen molar-refractivity contribution in [2.45, 2.75) is 39.7 Å². The van der Waals surface area contributed by atoms with E-state index in [0.29, 0.717) is 17.9 Å². The van der Waals surface area contributed by atoms with Crippen LogP contribution in [0.3, 0.4) is 0 Å². The van der Waals surface area contributed by atoms with Crippen molar-refractivity contribution in [2.75, 3.05) is 6.61 Å². The monoisotopic (exact) mass is 250 g/mol. The molecule has 3 N–H and O–H groups in total. The van der Waals surface area contributed by atoms with E-state index in [1.54, 1.807) is 12.1 Å². The number of hydrogen-bond acceptors (Lipinski definition) is 3. The smallest absolute Gasteiger partial charge is 0.161 e. The SMILES string of the molecule is CCOc1cc(C(=N)N)ccc1OC(CC)CC. The molecule has 0 fully saturated rings. The third-order valence-electron chi connectivity index (χ3n) is 2.76. The van der Waals surface area contributed by atoms with E-state index in [2.05, 4.69) is 13.8 Å². The number of nitrogens with two attached hydrogens (primary N) is 1. The topological polar surface area (TPSA) is 68.3 Å². The van der Waals surface area contributed by atoms with Gasteiger partial charge in [0, 0.05) is 5.56 Å². The second-order valence-corrected chi connectivity index (χ2v) is 4.06. The molecular weight excluding hydrogens is 228 g/mol. The zero-order valence-corrected chi connectivity index (χ0v) is 11.3. The molecule has 18 heavy (non-hydrogen) atoms. The van der Waals surface area contributed by atoms with Gasteiger partial charge in [0.2, 0.25) is 0 Å². The summed E-state index contributed by atoms with van der Waals surface area (Å²) in [6.45, 7) is 6.67. The fourth-order valence-electron chi connectivity index (χ4n) is 1.68. The summed E-state index contributed by atoms with van der Waals surface area (Å²) in [6.07, 6.45) is 2.10. The number of nitrogen functional groups attached to an aromatic ring is 1. The van der Waals surface area contributed by atoms with E-state index in [1.807, 2.05) is 13.0 Å². The van der Waals surface area contributed by atoms with Crippen LogP contribution in [0, 0.1) is 5.41 Å². The molecule has 1 rings (SSSR count). The first-order valence-electron chi connectivity index (χ1n) is 6.40. The maximum absolute atomic E-state index is 7.43. The van der Waals surface area contributed by atoms with Gasteiger partial charge in [0.05, 0.1) is 12.7 Å². The Morgan fingerprint density at radius 1 is 1.22 bits per heavy atom. The van der Waals surface area contributed by atoms with Crippen molar-refractivity contribution < 1.29 is 9.47 Å². The van der Waals surface area contributed by atoms with Crippen LogP contribution in [0.25, 0.3) is 0 Å². The number of amidine groups is 1. The van der Waals surface area contributed by atoms with Crippen molar-refractivity contribution in [3.05, 3.63) is 23.8 Å². The molecule has 0 aromatic heterocycles. The second kappa shape index (κ2) is 6.89. The first-order valence-corrected chi connectivity index (χ1v) is 6.40. The van der Waals surface area contributed by atoms with Crippen molar-refractivity contribution in [3.8, 4) is 11.5 Å². The predicted molar refractivity (Wildman–Crippen MR) is 73.6 cm³/mol. The average Bonchev–Trinajstić information content (AvgIpc) is 2.37. The van der Waals surface area contributed by atoms with E-state index >= 15 is 0 Å². The first-order chi connectivity index (χ1) is 8.62. The molecule has 4 heteroatoms. The van der Waals surface area contributed by atoms with Gasteiger partial charge < -0.3 is 15.2 Å². The highest BCUT2D eigenvalue weighted by Gasteiger charge is 2.12. The van der Waals surface area contributed by atoms with Gasteiger partial charge in [0.15, 0.2) is 11.5 Å². The lowest BCUT2D eigenvalue weighted by molar-refractivity contribution is 0.182. The van der Waals surface area contributed by atoms with Gasteiger partial charge in [-0.2, -0.15) is 0 Å². The van der Waals surface area contributed by atoms with Gasteiger partial charge in [-0.3, -0.25) is 5.41 Å². The molecule has 0 aliphatic rings. The second-order valence-electron chi connectivity index (χ2n) is 4.06. The number of hydrogen-bond donors (Lipinski definition) is 2. The minimum atomic E-state index is 0.0324. The van der Waals surface area contributed by atoms with E-state index in [-0.39, 0.29) is 11.9 Å². The van der Waals surface area contributed by atoms with Gasteiger partial charge >= 0.3 is 0 Å². The normalized spacial score (nSPS) is 10.4. The number of benzene rings is 1. The van der Waals surface area contributed by atoms with E-state index in [1.165, 1.54) is 0 Å². The Kier molecular flexibility index (Phi) is 5.49. The Morgan fingerprint density at radius 3 is 2.39 bits per heavy atom. The summed E-state index contributed by atoms with van der Waals surface area (Å²) < 4.78 is 11.4. The molecule has 0 bridgehead atoms. The van der Waals surface area contributed by atoms with Crippen molar-refractivity contribution in [2.24, 2.45) is 5.73 Å². The molecule has 100 valence electrons. The number of ether oxygens (including phenoxy) is 2. The Balaban J connectivity index is 2.99. The van der Waals surface area contributed by atoms with Gasteiger partial charge in [0.1, 0.15) is 5.84 Å². The molecule has 0 aliphatic heterocycles. The van der Waals surface area contributed by atoms with Crippen molar-refractivity contribution in [3.63, 3.8) is 0 Å². The lowest BCUT2D eigenvalue weighted by Gasteiger charge is -2.18. The highest BCUT2D eigenvalue weighted by atomic mass is 16.5. The first kappa shape index (κ1) is 14.4. The van der Waals surface area contributed by atoms with Crippen LogP contribution in [0.2, 0.25) is 0 Å². The van der Waals surface area contributed by atoms with Crippen molar-refractivity contribution in [1.29, 1.82) is 5.41 Å². The molecule has 0 unspecified atom stereocenters. The summed E-state index contributed by atoms with van der Waals surface area (Å²) in [5, 5.41) is 7.43. The average molecular weight is 250 g/mol. The summed E-state index contributed by atoms with van der Waals surface area (Å²) in [5.74, 6) is 1.40. The van der Waals surface area contributed by atoms with Crippen LogP contribution >= 0.6 is 0 Å². The minimum Gasteiger partial charge on any atom is -0.490 e. The van der Waals surface area contributed by atoms with E-state index in [0.717, 1.165) is 18.6 Å². The molecule has 1 aromatic carbocycles. The van der Waals surface area contributed by atoms with Crippen LogP contribution in [0.1, 0.15) is 39.2 Å². The van der Waals surface area contributed by atoms with E-state index in [4.69, 9.17) is 20.6 Å². The predicted octanol–water partition coefficient (Wildman–Crippen LogP) is 2.94. The van der Waals surface area contributed by atoms with Gasteiger partial charge in [-0.25, -0.2) is 0 Å². The molecule has 0 saturated carbocycles. The molecule has 0 heterocycles. The Bertz CT molecular complexity index is 401. The molecular formula is C14H22N2O2. The summed E-state index contributed by atoms with van der Waals surface area (Å²) in [5.41, 5.74) is 6.12. The zero-order chi connectivity index (χ0) is 13.5. The van der Waals surface area contributed by atoms with Crippen LogP contribution in [0.5, 0.6) is 11.5 Å². The van der Waals surface area contributed by atoms with Gasteiger partial charge in [0.25, 0.3) is 0 Å². The maximum Gasteiger partial charge on any atom is 0.161 e. The third kappa shape index (κ3) is 3.65. The highest BCUT2D eigenvalue weighted by Crippen LogP contribution is 2.30. The van der Waals surface area contributed by atoms with Gasteiger partial charge in [-0.05, 0) is 38.0 Å². The summed E-state index contributed by atoms with van der Waals surface area (Å²) in [7, 11) is 0. The van der Waals surface area contributed by atoms with Gasteiger partial charge in [-0.1, -0.05) is 13.8 Å². The van der Waals surface area contributed by atoms with Crippen LogP contribution in [0.15, 0.2) is 18.2 Å². The van der Waals surface area contributed by atoms with Crippen LogP contribution < -0.4 is 15.2 Å². The Labute approximate surface area is 109 Å². The summed E-state index contributed by atoms with van der Waals surface area (Å²) >= 11 is 0. The lowest BCUT2D eigenvalue weighted by Crippen LogP contribution is -2.15. The number of nitrogens with one attached hydrogen (secondary N) is 1. The van der Waals surface area contributed by atoms with Crippen molar-refractivity contribution >= 4 is 5.84 Å². The largest absolute Gasteiger partial charge is 0.490 e. The van der Waals surface area contributed by atoms with E-state index < -0.39 is 0 Å². The third-order valence-corrected chi connectivity index (χ3v) is 2.76. The Hall–Kier alpha value is -1.71. The van der Waals surface area contributed by atoms with Crippen molar-refractivity contribution in [1.82, 2.24) is 0 Å². The zero-order valence-electron chi connectivity index (χ0n) is 11.3. The Morgan fingerprint density at radius 2 is 1.89 bits per heavy atom.